The Hall–Kier alpha value is -2.84. The zero-order valence-electron chi connectivity index (χ0n) is 26.4. The Balaban J connectivity index is 2.51. The maximum Gasteiger partial charge on any atom is 0.187 e. The highest BCUT2D eigenvalue weighted by molar-refractivity contribution is 5.31. The SMILES string of the molecule is CC(C)=CCCC(C)=CC=CC(C)=CC=CC=C(C)C=CC=C(C)C=CC=C(C)COC1OC(CO)C(O)C(O)C1O. The quantitative estimate of drug-likeness (QED) is 0.130. The van der Waals surface area contributed by atoms with E-state index in [9.17, 15) is 20.4 Å². The summed E-state index contributed by atoms with van der Waals surface area (Å²) in [5.74, 6) is 0. The number of hydrogen-bond acceptors (Lipinski definition) is 6. The highest BCUT2D eigenvalue weighted by Gasteiger charge is 2.43. The molecule has 0 aromatic heterocycles. The highest BCUT2D eigenvalue weighted by atomic mass is 16.7. The Bertz CT molecular complexity index is 1120. The molecule has 42 heavy (non-hydrogen) atoms. The molecular formula is C36H52O6. The minimum atomic E-state index is -1.45. The first-order chi connectivity index (χ1) is 19.9. The van der Waals surface area contributed by atoms with E-state index < -0.39 is 37.3 Å². The maximum absolute atomic E-state index is 10.1. The summed E-state index contributed by atoms with van der Waals surface area (Å²) in [4.78, 5) is 0. The summed E-state index contributed by atoms with van der Waals surface area (Å²) in [6, 6.07) is 0. The summed E-state index contributed by atoms with van der Waals surface area (Å²) in [6.45, 7) is 14.1. The van der Waals surface area contributed by atoms with Crippen molar-refractivity contribution >= 4 is 0 Å². The van der Waals surface area contributed by atoms with Crippen molar-refractivity contribution in [1.82, 2.24) is 0 Å². The molecule has 0 aromatic carbocycles. The van der Waals surface area contributed by atoms with Gasteiger partial charge in [0, 0.05) is 0 Å². The van der Waals surface area contributed by atoms with Gasteiger partial charge in [-0.1, -0.05) is 113 Å². The van der Waals surface area contributed by atoms with Crippen molar-refractivity contribution in [1.29, 1.82) is 0 Å². The van der Waals surface area contributed by atoms with Crippen molar-refractivity contribution in [2.75, 3.05) is 13.2 Å². The van der Waals surface area contributed by atoms with Crippen LogP contribution in [0.5, 0.6) is 0 Å². The lowest BCUT2D eigenvalue weighted by atomic mass is 9.99. The monoisotopic (exact) mass is 580 g/mol. The predicted molar refractivity (Wildman–Crippen MR) is 174 cm³/mol. The lowest BCUT2D eigenvalue weighted by Gasteiger charge is -2.39. The van der Waals surface area contributed by atoms with Gasteiger partial charge in [0.1, 0.15) is 24.4 Å². The van der Waals surface area contributed by atoms with Gasteiger partial charge in [-0.25, -0.2) is 0 Å². The van der Waals surface area contributed by atoms with E-state index in [0.717, 1.165) is 29.6 Å². The van der Waals surface area contributed by atoms with Crippen LogP contribution in [0, 0.1) is 0 Å². The van der Waals surface area contributed by atoms with Crippen molar-refractivity contribution in [3.8, 4) is 0 Å². The topological polar surface area (TPSA) is 99.4 Å². The molecule has 232 valence electrons. The summed E-state index contributed by atoms with van der Waals surface area (Å²) in [6.07, 6.45) is 24.6. The first-order valence-electron chi connectivity index (χ1n) is 14.5. The summed E-state index contributed by atoms with van der Waals surface area (Å²) < 4.78 is 10.9. The third kappa shape index (κ3) is 16.0. The van der Waals surface area contributed by atoms with Gasteiger partial charge in [0.25, 0.3) is 0 Å². The second-order valence-corrected chi connectivity index (χ2v) is 11.0. The molecule has 0 spiro atoms. The lowest BCUT2D eigenvalue weighted by Crippen LogP contribution is -2.59. The lowest BCUT2D eigenvalue weighted by molar-refractivity contribution is -0.299. The molecule has 0 saturated carbocycles. The molecule has 1 aliphatic heterocycles. The molecule has 5 unspecified atom stereocenters. The van der Waals surface area contributed by atoms with Crippen molar-refractivity contribution < 1.29 is 29.9 Å². The fourth-order valence-corrected chi connectivity index (χ4v) is 3.80. The van der Waals surface area contributed by atoms with Gasteiger partial charge in [-0.05, 0) is 66.9 Å². The molecule has 1 rings (SSSR count). The Morgan fingerprint density at radius 1 is 0.643 bits per heavy atom. The largest absolute Gasteiger partial charge is 0.394 e. The summed E-state index contributed by atoms with van der Waals surface area (Å²) in [7, 11) is 0. The van der Waals surface area contributed by atoms with Gasteiger partial charge in [-0.2, -0.15) is 0 Å². The highest BCUT2D eigenvalue weighted by Crippen LogP contribution is 2.22. The van der Waals surface area contributed by atoms with Gasteiger partial charge in [-0.15, -0.1) is 0 Å². The Kier molecular flexibility index (Phi) is 18.5. The first kappa shape index (κ1) is 37.2. The summed E-state index contributed by atoms with van der Waals surface area (Å²) >= 11 is 0. The maximum atomic E-state index is 10.1. The third-order valence-electron chi connectivity index (χ3n) is 6.44. The van der Waals surface area contributed by atoms with Crippen molar-refractivity contribution in [3.05, 3.63) is 119 Å². The third-order valence-corrected chi connectivity index (χ3v) is 6.44. The minimum absolute atomic E-state index is 0.159. The van der Waals surface area contributed by atoms with Crippen LogP contribution < -0.4 is 0 Å². The van der Waals surface area contributed by atoms with E-state index in [0.29, 0.717) is 0 Å². The van der Waals surface area contributed by atoms with Crippen LogP contribution in [0.15, 0.2) is 119 Å². The van der Waals surface area contributed by atoms with Crippen LogP contribution in [0.25, 0.3) is 0 Å². The average molecular weight is 581 g/mol. The minimum Gasteiger partial charge on any atom is -0.394 e. The molecule has 0 bridgehead atoms. The van der Waals surface area contributed by atoms with Gasteiger partial charge >= 0.3 is 0 Å². The number of ether oxygens (including phenoxy) is 2. The molecule has 4 N–H and O–H groups in total. The molecule has 1 fully saturated rings. The van der Waals surface area contributed by atoms with Crippen LogP contribution in [0.4, 0.5) is 0 Å². The van der Waals surface area contributed by atoms with Gasteiger partial charge in [0.15, 0.2) is 6.29 Å². The molecule has 0 radical (unpaired) electrons. The Morgan fingerprint density at radius 2 is 1.14 bits per heavy atom. The molecular weight excluding hydrogens is 528 g/mol. The summed E-state index contributed by atoms with van der Waals surface area (Å²) in [5.41, 5.74) is 7.02. The van der Waals surface area contributed by atoms with Crippen molar-refractivity contribution in [3.63, 3.8) is 0 Å². The summed E-state index contributed by atoms with van der Waals surface area (Å²) in [5, 5.41) is 39.0. The molecule has 0 amide bonds. The van der Waals surface area contributed by atoms with E-state index in [-0.39, 0.29) is 6.61 Å². The van der Waals surface area contributed by atoms with Crippen LogP contribution >= 0.6 is 0 Å². The van der Waals surface area contributed by atoms with Crippen LogP contribution in [0.3, 0.4) is 0 Å². The second-order valence-electron chi connectivity index (χ2n) is 11.0. The van der Waals surface area contributed by atoms with E-state index in [4.69, 9.17) is 9.47 Å². The van der Waals surface area contributed by atoms with Crippen LogP contribution in [-0.2, 0) is 9.47 Å². The smallest absolute Gasteiger partial charge is 0.187 e. The number of rotatable bonds is 15. The Labute approximate surface area is 253 Å². The van der Waals surface area contributed by atoms with Gasteiger partial charge in [0.05, 0.1) is 13.2 Å². The average Bonchev–Trinajstić information content (AvgIpc) is 2.93. The molecule has 6 heteroatoms. The molecule has 1 aliphatic rings. The molecule has 0 aromatic rings. The fraction of sp³-hybridized carbons (Fsp3) is 0.444. The first-order valence-corrected chi connectivity index (χ1v) is 14.5. The zero-order valence-corrected chi connectivity index (χ0v) is 26.4. The van der Waals surface area contributed by atoms with Gasteiger partial charge < -0.3 is 29.9 Å². The number of aliphatic hydroxyl groups excluding tert-OH is 4. The Morgan fingerprint density at radius 3 is 1.67 bits per heavy atom. The normalized spacial score (nSPS) is 25.5. The van der Waals surface area contributed by atoms with Crippen LogP contribution in [0.1, 0.15) is 61.3 Å². The van der Waals surface area contributed by atoms with E-state index in [1.54, 1.807) is 0 Å². The van der Waals surface area contributed by atoms with Crippen LogP contribution in [0.2, 0.25) is 0 Å². The van der Waals surface area contributed by atoms with Gasteiger partial charge in [0.2, 0.25) is 0 Å². The zero-order chi connectivity index (χ0) is 31.5. The van der Waals surface area contributed by atoms with E-state index >= 15 is 0 Å². The molecule has 5 atom stereocenters. The second kappa shape index (κ2) is 20.9. The van der Waals surface area contributed by atoms with Crippen molar-refractivity contribution in [2.24, 2.45) is 0 Å². The number of hydrogen-bond donors (Lipinski definition) is 4. The predicted octanol–water partition coefficient (Wildman–Crippen LogP) is 6.51. The van der Waals surface area contributed by atoms with E-state index in [2.05, 4.69) is 77.2 Å². The van der Waals surface area contributed by atoms with E-state index in [1.807, 2.05) is 56.4 Å². The number of allylic oxidation sites excluding steroid dienone is 19. The van der Waals surface area contributed by atoms with Crippen LogP contribution in [-0.4, -0.2) is 64.3 Å². The molecule has 0 aliphatic carbocycles. The standard InChI is InChI=1S/C36H52O6/c1-26(2)14-10-17-29(5)20-11-18-27(3)15-8-9-16-28(4)19-12-21-30(6)22-13-23-31(7)25-41-36-35(40)34(39)33(38)32(24-37)42-36/h8-9,11-16,18-23,32-40H,10,17,24-25H2,1-7H3. The molecule has 6 nitrogen and oxygen atoms in total. The fourth-order valence-electron chi connectivity index (χ4n) is 3.80. The van der Waals surface area contributed by atoms with E-state index in [1.165, 1.54) is 16.7 Å². The van der Waals surface area contributed by atoms with Crippen molar-refractivity contribution in [2.45, 2.75) is 92.0 Å². The number of aliphatic hydroxyl groups is 4. The molecule has 1 heterocycles. The molecule has 1 saturated heterocycles. The van der Waals surface area contributed by atoms with Gasteiger partial charge in [-0.3, -0.25) is 0 Å².